The Kier molecular flexibility index (Phi) is 3.65. The van der Waals surface area contributed by atoms with Gasteiger partial charge >= 0.3 is 5.97 Å². The van der Waals surface area contributed by atoms with Crippen molar-refractivity contribution in [1.82, 2.24) is 4.57 Å². The highest BCUT2D eigenvalue weighted by Gasteiger charge is 2.17. The van der Waals surface area contributed by atoms with E-state index in [1.54, 1.807) is 34.9 Å². The van der Waals surface area contributed by atoms with Crippen LogP contribution in [0, 0.1) is 4.91 Å². The minimum absolute atomic E-state index is 0.103. The molecule has 3 rings (SSSR count). The molecule has 22 heavy (non-hydrogen) atoms. The number of carboxylic acid groups (broad SMARTS) is 1. The highest BCUT2D eigenvalue weighted by atomic mass is 35.5. The van der Waals surface area contributed by atoms with Crippen molar-refractivity contribution < 1.29 is 9.90 Å². The Balaban J connectivity index is 2.20. The smallest absolute Gasteiger partial charge is 0.352 e. The second-order valence-electron chi connectivity index (χ2n) is 4.85. The van der Waals surface area contributed by atoms with Gasteiger partial charge in [0.25, 0.3) is 0 Å². The summed E-state index contributed by atoms with van der Waals surface area (Å²) in [6.07, 6.45) is 0. The van der Waals surface area contributed by atoms with Crippen LogP contribution < -0.4 is 0 Å². The Bertz CT molecular complexity index is 886. The molecular formula is C16H11ClN2O3. The van der Waals surface area contributed by atoms with Crippen LogP contribution in [-0.2, 0) is 6.54 Å². The van der Waals surface area contributed by atoms with Crippen molar-refractivity contribution in [3.05, 3.63) is 69.7 Å². The number of benzene rings is 2. The zero-order chi connectivity index (χ0) is 15.7. The Hall–Kier alpha value is -2.66. The fourth-order valence-corrected chi connectivity index (χ4v) is 2.73. The van der Waals surface area contributed by atoms with Gasteiger partial charge in [-0.25, -0.2) is 4.79 Å². The third-order valence-corrected chi connectivity index (χ3v) is 3.71. The lowest BCUT2D eigenvalue weighted by Crippen LogP contribution is -2.09. The van der Waals surface area contributed by atoms with Crippen molar-refractivity contribution in [2.75, 3.05) is 0 Å². The molecule has 0 bridgehead atoms. The number of aromatic nitrogens is 1. The number of nitroso groups, excluding NO2 is 1. The number of hydrogen-bond acceptors (Lipinski definition) is 3. The first-order chi connectivity index (χ1) is 10.6. The summed E-state index contributed by atoms with van der Waals surface area (Å²) in [6, 6.07) is 13.7. The largest absolute Gasteiger partial charge is 0.477 e. The van der Waals surface area contributed by atoms with Crippen molar-refractivity contribution >= 4 is 34.2 Å². The number of hydrogen-bond donors (Lipinski definition) is 1. The Morgan fingerprint density at radius 1 is 1.18 bits per heavy atom. The van der Waals surface area contributed by atoms with Crippen LogP contribution in [0.3, 0.4) is 0 Å². The Labute approximate surface area is 130 Å². The first-order valence-corrected chi connectivity index (χ1v) is 6.91. The van der Waals surface area contributed by atoms with Gasteiger partial charge in [-0.3, -0.25) is 0 Å². The van der Waals surface area contributed by atoms with Gasteiger partial charge in [0.1, 0.15) is 11.4 Å². The monoisotopic (exact) mass is 314 g/mol. The van der Waals surface area contributed by atoms with Gasteiger partial charge in [-0.2, -0.15) is 0 Å². The van der Waals surface area contributed by atoms with Crippen LogP contribution >= 0.6 is 11.6 Å². The average molecular weight is 315 g/mol. The topological polar surface area (TPSA) is 71.7 Å². The van der Waals surface area contributed by atoms with Crippen LogP contribution in [0.5, 0.6) is 0 Å². The summed E-state index contributed by atoms with van der Waals surface area (Å²) in [5, 5.41) is 13.5. The molecule has 5 nitrogen and oxygen atoms in total. The minimum atomic E-state index is -1.06. The highest BCUT2D eigenvalue weighted by Crippen LogP contribution is 2.30. The number of nitrogens with zero attached hydrogens (tertiary/aromatic N) is 2. The molecular weight excluding hydrogens is 304 g/mol. The van der Waals surface area contributed by atoms with Crippen LogP contribution in [-0.4, -0.2) is 15.6 Å². The lowest BCUT2D eigenvalue weighted by molar-refractivity contribution is 0.0686. The fourth-order valence-electron chi connectivity index (χ4n) is 2.51. The van der Waals surface area contributed by atoms with Crippen LogP contribution in [0.1, 0.15) is 16.1 Å². The van der Waals surface area contributed by atoms with E-state index in [1.165, 1.54) is 6.07 Å². The molecule has 0 atom stereocenters. The second kappa shape index (κ2) is 5.61. The summed E-state index contributed by atoms with van der Waals surface area (Å²) in [4.78, 5) is 22.4. The average Bonchev–Trinajstić information content (AvgIpc) is 2.86. The lowest BCUT2D eigenvalue weighted by atomic mass is 10.2. The van der Waals surface area contributed by atoms with Crippen LogP contribution in [0.2, 0.25) is 5.02 Å². The molecule has 2 aromatic carbocycles. The summed E-state index contributed by atoms with van der Waals surface area (Å²) >= 11 is 5.97. The van der Waals surface area contributed by atoms with Gasteiger partial charge in [0.2, 0.25) is 0 Å². The Morgan fingerprint density at radius 3 is 2.64 bits per heavy atom. The maximum absolute atomic E-state index is 11.5. The van der Waals surface area contributed by atoms with Crippen molar-refractivity contribution in [3.63, 3.8) is 0 Å². The number of halogens is 1. The molecule has 1 aromatic heterocycles. The normalized spacial score (nSPS) is 10.8. The Morgan fingerprint density at radius 2 is 1.95 bits per heavy atom. The molecule has 1 N–H and O–H groups in total. The van der Waals surface area contributed by atoms with Crippen molar-refractivity contribution in [2.24, 2.45) is 5.18 Å². The molecule has 0 fully saturated rings. The highest BCUT2D eigenvalue weighted by molar-refractivity contribution is 6.30. The van der Waals surface area contributed by atoms with Crippen molar-refractivity contribution in [1.29, 1.82) is 0 Å². The molecule has 3 aromatic rings. The van der Waals surface area contributed by atoms with E-state index in [1.807, 2.05) is 12.1 Å². The van der Waals surface area contributed by atoms with E-state index in [-0.39, 0.29) is 11.4 Å². The first-order valence-electron chi connectivity index (χ1n) is 6.53. The predicted octanol–water partition coefficient (Wildman–Crippen LogP) is 4.44. The molecule has 0 aliphatic heterocycles. The molecule has 110 valence electrons. The molecule has 6 heteroatoms. The quantitative estimate of drug-likeness (QED) is 0.724. The standard InChI is InChI=1S/C16H11ClN2O3/c17-11-4-1-3-10(7-11)9-19-14-6-2-5-13(18-22)12(14)8-15(19)16(20)21/h1-8H,9H2,(H,20,21). The minimum Gasteiger partial charge on any atom is -0.477 e. The fraction of sp³-hybridized carbons (Fsp3) is 0.0625. The lowest BCUT2D eigenvalue weighted by Gasteiger charge is -2.09. The third-order valence-electron chi connectivity index (χ3n) is 3.47. The second-order valence-corrected chi connectivity index (χ2v) is 5.29. The van der Waals surface area contributed by atoms with E-state index >= 15 is 0 Å². The molecule has 0 spiro atoms. The number of fused-ring (bicyclic) bond motifs is 1. The van der Waals surface area contributed by atoms with E-state index in [0.717, 1.165) is 5.56 Å². The van der Waals surface area contributed by atoms with Crippen molar-refractivity contribution in [2.45, 2.75) is 6.54 Å². The molecule has 0 amide bonds. The van der Waals surface area contributed by atoms with Gasteiger partial charge < -0.3 is 9.67 Å². The van der Waals surface area contributed by atoms with E-state index in [4.69, 9.17) is 11.6 Å². The molecule has 1 heterocycles. The maximum Gasteiger partial charge on any atom is 0.352 e. The van der Waals surface area contributed by atoms with Crippen LogP contribution in [0.25, 0.3) is 10.9 Å². The number of rotatable bonds is 4. The van der Waals surface area contributed by atoms with E-state index in [9.17, 15) is 14.8 Å². The van der Waals surface area contributed by atoms with E-state index in [0.29, 0.717) is 22.5 Å². The van der Waals surface area contributed by atoms with Crippen LogP contribution in [0.4, 0.5) is 5.69 Å². The van der Waals surface area contributed by atoms with Gasteiger partial charge in [-0.15, -0.1) is 4.91 Å². The molecule has 0 saturated carbocycles. The SMILES string of the molecule is O=Nc1cccc2c1cc(C(=O)O)n2Cc1cccc(Cl)c1. The molecule has 0 radical (unpaired) electrons. The molecule has 0 aliphatic rings. The zero-order valence-electron chi connectivity index (χ0n) is 11.4. The van der Waals surface area contributed by atoms with Gasteiger partial charge in [-0.1, -0.05) is 29.8 Å². The maximum atomic E-state index is 11.5. The summed E-state index contributed by atoms with van der Waals surface area (Å²) in [5.74, 6) is -1.06. The number of aromatic carboxylic acids is 1. The van der Waals surface area contributed by atoms with Crippen molar-refractivity contribution in [3.8, 4) is 0 Å². The summed E-state index contributed by atoms with van der Waals surface area (Å²) in [5.41, 5.74) is 1.85. The molecule has 0 aliphatic carbocycles. The van der Waals surface area contributed by atoms with Gasteiger partial charge in [0.05, 0.1) is 5.52 Å². The summed E-state index contributed by atoms with van der Waals surface area (Å²) < 4.78 is 1.64. The summed E-state index contributed by atoms with van der Waals surface area (Å²) in [6.45, 7) is 0.341. The summed E-state index contributed by atoms with van der Waals surface area (Å²) in [7, 11) is 0. The van der Waals surface area contributed by atoms with Gasteiger partial charge in [0, 0.05) is 17.0 Å². The number of carbonyl (C=O) groups is 1. The molecule has 0 unspecified atom stereocenters. The van der Waals surface area contributed by atoms with Gasteiger partial charge in [-0.05, 0) is 41.1 Å². The third kappa shape index (κ3) is 2.46. The number of carboxylic acids is 1. The van der Waals surface area contributed by atoms with E-state index < -0.39 is 5.97 Å². The van der Waals surface area contributed by atoms with E-state index in [2.05, 4.69) is 5.18 Å². The van der Waals surface area contributed by atoms with Gasteiger partial charge in [0.15, 0.2) is 0 Å². The predicted molar refractivity (Wildman–Crippen MR) is 84.9 cm³/mol. The first kappa shape index (κ1) is 14.3. The molecule has 0 saturated heterocycles. The van der Waals surface area contributed by atoms with Crippen LogP contribution in [0.15, 0.2) is 53.7 Å². The zero-order valence-corrected chi connectivity index (χ0v) is 12.1.